The first-order chi connectivity index (χ1) is 17.9. The van der Waals surface area contributed by atoms with Crippen molar-refractivity contribution in [2.75, 3.05) is 5.32 Å². The van der Waals surface area contributed by atoms with Gasteiger partial charge < -0.3 is 15.2 Å². The van der Waals surface area contributed by atoms with E-state index in [0.717, 1.165) is 29.5 Å². The summed E-state index contributed by atoms with van der Waals surface area (Å²) in [5.41, 5.74) is 1.21. The molecular weight excluding hydrogens is 492 g/mol. The average molecular weight is 519 g/mol. The van der Waals surface area contributed by atoms with Gasteiger partial charge in [-0.2, -0.15) is 5.10 Å². The molecule has 0 spiro atoms. The number of allylic oxidation sites excluding steroid dienone is 2. The predicted octanol–water partition coefficient (Wildman–Crippen LogP) is 5.06. The van der Waals surface area contributed by atoms with Gasteiger partial charge in [-0.1, -0.05) is 37.1 Å². The van der Waals surface area contributed by atoms with Crippen molar-refractivity contribution in [2.45, 2.75) is 38.1 Å². The second-order valence-electron chi connectivity index (χ2n) is 8.78. The fourth-order valence-corrected chi connectivity index (χ4v) is 4.29. The van der Waals surface area contributed by atoms with Crippen LogP contribution in [0.5, 0.6) is 5.88 Å². The van der Waals surface area contributed by atoms with E-state index in [2.05, 4.69) is 27.4 Å². The second kappa shape index (κ2) is 11.8. The van der Waals surface area contributed by atoms with Crippen LogP contribution in [0.25, 0.3) is 0 Å². The van der Waals surface area contributed by atoms with Gasteiger partial charge in [0.2, 0.25) is 5.88 Å². The van der Waals surface area contributed by atoms with E-state index in [1.165, 1.54) is 0 Å². The van der Waals surface area contributed by atoms with E-state index in [4.69, 9.17) is 16.3 Å². The smallest absolute Gasteiger partial charge is 0.343 e. The molecule has 3 aromatic rings. The number of carbonyl (C=O) groups is 2. The van der Waals surface area contributed by atoms with Crippen LogP contribution in [0.2, 0.25) is 5.02 Å². The number of rotatable bonds is 10. The number of aliphatic carboxylic acids is 1. The molecule has 37 heavy (non-hydrogen) atoms. The average Bonchev–Trinajstić information content (AvgIpc) is 2.90. The minimum absolute atomic E-state index is 0.0716. The van der Waals surface area contributed by atoms with Crippen molar-refractivity contribution >= 4 is 29.2 Å². The zero-order chi connectivity index (χ0) is 26.3. The van der Waals surface area contributed by atoms with Gasteiger partial charge in [-0.3, -0.25) is 9.78 Å². The topological polar surface area (TPSA) is 114 Å². The molecule has 0 aliphatic heterocycles. The number of aromatic nitrogens is 3. The quantitative estimate of drug-likeness (QED) is 0.358. The van der Waals surface area contributed by atoms with Gasteiger partial charge in [0.15, 0.2) is 5.54 Å². The molecule has 1 aliphatic rings. The summed E-state index contributed by atoms with van der Waals surface area (Å²) in [6.07, 6.45) is 12.8. The number of pyridine rings is 1. The highest BCUT2D eigenvalue weighted by molar-refractivity contribution is 6.30. The molecule has 0 fully saturated rings. The summed E-state index contributed by atoms with van der Waals surface area (Å²) in [7, 11) is 0. The van der Waals surface area contributed by atoms with Gasteiger partial charge >= 0.3 is 11.9 Å². The number of benzene rings is 1. The number of halogens is 1. The molecule has 0 radical (unpaired) electrons. The van der Waals surface area contributed by atoms with Gasteiger partial charge in [0.25, 0.3) is 0 Å². The lowest BCUT2D eigenvalue weighted by Crippen LogP contribution is -2.56. The Bertz CT molecular complexity index is 1310. The zero-order valence-corrected chi connectivity index (χ0v) is 21.1. The lowest BCUT2D eigenvalue weighted by atomic mass is 9.77. The van der Waals surface area contributed by atoms with E-state index in [9.17, 15) is 14.7 Å². The third-order valence-electron chi connectivity index (χ3n) is 6.14. The van der Waals surface area contributed by atoms with Crippen molar-refractivity contribution in [2.24, 2.45) is 5.92 Å². The number of esters is 1. The minimum Gasteiger partial charge on any atom is -0.481 e. The zero-order valence-electron chi connectivity index (χ0n) is 20.3. The number of carboxylic acid groups (broad SMARTS) is 1. The van der Waals surface area contributed by atoms with Crippen LogP contribution in [-0.4, -0.2) is 37.8 Å². The molecule has 0 saturated carbocycles. The first kappa shape index (κ1) is 26.0. The number of anilines is 1. The molecule has 2 atom stereocenters. The lowest BCUT2D eigenvalue weighted by Gasteiger charge is -2.36. The van der Waals surface area contributed by atoms with Crippen LogP contribution in [-0.2, 0) is 22.4 Å². The third-order valence-corrected chi connectivity index (χ3v) is 6.40. The van der Waals surface area contributed by atoms with Gasteiger partial charge in [0.05, 0.1) is 6.20 Å². The largest absolute Gasteiger partial charge is 0.481 e. The number of ether oxygens (including phenoxy) is 1. The highest BCUT2D eigenvalue weighted by Gasteiger charge is 2.50. The minimum atomic E-state index is -1.75. The van der Waals surface area contributed by atoms with E-state index in [1.807, 2.05) is 12.1 Å². The van der Waals surface area contributed by atoms with E-state index < -0.39 is 23.4 Å². The van der Waals surface area contributed by atoms with Gasteiger partial charge in [-0.05, 0) is 78.9 Å². The number of unbranched alkanes of at least 4 members (excludes halogenated alkanes) is 1. The highest BCUT2D eigenvalue weighted by Crippen LogP contribution is 2.35. The van der Waals surface area contributed by atoms with E-state index in [1.54, 1.807) is 67.2 Å². The monoisotopic (exact) mass is 518 g/mol. The predicted molar refractivity (Wildman–Crippen MR) is 140 cm³/mol. The van der Waals surface area contributed by atoms with Crippen molar-refractivity contribution in [1.29, 1.82) is 0 Å². The molecule has 190 valence electrons. The van der Waals surface area contributed by atoms with Crippen LogP contribution in [0, 0.1) is 5.92 Å². The van der Waals surface area contributed by atoms with Gasteiger partial charge in [0, 0.05) is 28.7 Å². The second-order valence-corrected chi connectivity index (χ2v) is 9.22. The lowest BCUT2D eigenvalue weighted by molar-refractivity contribution is -0.149. The molecule has 8 nitrogen and oxygen atoms in total. The van der Waals surface area contributed by atoms with Crippen LogP contribution in [0.15, 0.2) is 84.9 Å². The van der Waals surface area contributed by atoms with Crippen molar-refractivity contribution in [3.8, 4) is 5.88 Å². The number of carboxylic acids is 1. The number of nitrogens with zero attached hydrogens (tertiary/aromatic N) is 3. The maximum Gasteiger partial charge on any atom is 0.343 e. The fourth-order valence-electron chi connectivity index (χ4n) is 4.16. The molecule has 2 unspecified atom stereocenters. The summed E-state index contributed by atoms with van der Waals surface area (Å²) in [5.74, 6) is -3.18. The standard InChI is InChI=1S/C28H27ClN4O4/c1-2-3-4-21-12-16-31-33-25(21)37-27(36)28(32-23-7-5-22(29)6-8-23)13-9-20(18-24(28)26(34)35)17-19-10-14-30-15-11-19/h5-16,18,24,32H,2-4,17H2,1H3,(H,34,35). The SMILES string of the molecule is CCCCc1ccnnc1OC(=O)C1(Nc2ccc(Cl)cc2)C=CC(Cc2ccncc2)=CC1C(=O)O. The first-order valence-electron chi connectivity index (χ1n) is 12.0. The van der Waals surface area contributed by atoms with Crippen molar-refractivity contribution < 1.29 is 19.4 Å². The van der Waals surface area contributed by atoms with Crippen molar-refractivity contribution in [3.63, 3.8) is 0 Å². The maximum absolute atomic E-state index is 13.8. The molecule has 9 heteroatoms. The number of nitrogens with one attached hydrogen (secondary N) is 1. The Balaban J connectivity index is 1.72. The summed E-state index contributed by atoms with van der Waals surface area (Å²) >= 11 is 6.04. The highest BCUT2D eigenvalue weighted by atomic mass is 35.5. The molecular formula is C28H27ClN4O4. The number of aryl methyl sites for hydroxylation is 1. The molecule has 4 rings (SSSR count). The third kappa shape index (κ3) is 6.21. The molecule has 1 aliphatic carbocycles. The van der Waals surface area contributed by atoms with Crippen LogP contribution in [0.1, 0.15) is 30.9 Å². The summed E-state index contributed by atoms with van der Waals surface area (Å²) in [5, 5.41) is 21.8. The Labute approximate surface area is 220 Å². The molecule has 2 heterocycles. The van der Waals surface area contributed by atoms with Gasteiger partial charge in [0.1, 0.15) is 5.92 Å². The van der Waals surface area contributed by atoms with Crippen LogP contribution < -0.4 is 10.1 Å². The Morgan fingerprint density at radius 2 is 1.86 bits per heavy atom. The molecule has 2 aromatic heterocycles. The molecule has 0 saturated heterocycles. The number of hydrogen-bond acceptors (Lipinski definition) is 7. The Hall–Kier alpha value is -4.04. The van der Waals surface area contributed by atoms with Crippen molar-refractivity contribution in [3.05, 3.63) is 101 Å². The van der Waals surface area contributed by atoms with E-state index in [0.29, 0.717) is 23.6 Å². The summed E-state index contributed by atoms with van der Waals surface area (Å²) in [6.45, 7) is 2.06. The van der Waals surface area contributed by atoms with E-state index in [-0.39, 0.29) is 5.88 Å². The van der Waals surface area contributed by atoms with E-state index >= 15 is 0 Å². The normalized spacial score (nSPS) is 18.6. The molecule has 1 aromatic carbocycles. The fraction of sp³-hybridized carbons (Fsp3) is 0.250. The summed E-state index contributed by atoms with van der Waals surface area (Å²) in [4.78, 5) is 30.5. The first-order valence-corrected chi connectivity index (χ1v) is 12.4. The van der Waals surface area contributed by atoms with Crippen LogP contribution in [0.4, 0.5) is 5.69 Å². The van der Waals surface area contributed by atoms with Gasteiger partial charge in [-0.15, -0.1) is 5.10 Å². The van der Waals surface area contributed by atoms with Crippen LogP contribution in [0.3, 0.4) is 0 Å². The Morgan fingerprint density at radius 3 is 2.57 bits per heavy atom. The Kier molecular flexibility index (Phi) is 8.30. The van der Waals surface area contributed by atoms with Crippen LogP contribution >= 0.6 is 11.6 Å². The van der Waals surface area contributed by atoms with Crippen molar-refractivity contribution in [1.82, 2.24) is 15.2 Å². The molecule has 0 bridgehead atoms. The maximum atomic E-state index is 13.8. The number of carbonyl (C=O) groups excluding carboxylic acids is 1. The molecule has 2 N–H and O–H groups in total. The number of hydrogen-bond donors (Lipinski definition) is 2. The summed E-state index contributed by atoms with van der Waals surface area (Å²) in [6, 6.07) is 12.1. The Morgan fingerprint density at radius 1 is 1.11 bits per heavy atom. The summed E-state index contributed by atoms with van der Waals surface area (Å²) < 4.78 is 5.76. The molecule has 0 amide bonds. The van der Waals surface area contributed by atoms with Gasteiger partial charge in [-0.25, -0.2) is 4.79 Å².